The lowest BCUT2D eigenvalue weighted by Crippen LogP contribution is -2.59. The molecule has 0 amide bonds. The van der Waals surface area contributed by atoms with Crippen molar-refractivity contribution < 1.29 is 19.4 Å². The maximum Gasteiger partial charge on any atom is 0.147 e. The Labute approximate surface area is 167 Å². The molecule has 0 unspecified atom stereocenters. The van der Waals surface area contributed by atoms with Crippen LogP contribution in [0.3, 0.4) is 0 Å². The van der Waals surface area contributed by atoms with E-state index in [1.807, 2.05) is 6.92 Å². The number of ether oxygens (including phenoxy) is 2. The number of aryl methyl sites for hydroxylation is 1. The first-order valence-electron chi connectivity index (χ1n) is 10.8. The Balaban J connectivity index is 1.64. The molecule has 0 radical (unpaired) electrons. The van der Waals surface area contributed by atoms with Crippen LogP contribution in [0.25, 0.3) is 0 Å². The lowest BCUT2D eigenvalue weighted by atomic mass is 9.45. The van der Waals surface area contributed by atoms with Crippen LogP contribution in [0.2, 0.25) is 0 Å². The molecule has 1 spiro atoms. The smallest absolute Gasteiger partial charge is 0.147 e. The summed E-state index contributed by atoms with van der Waals surface area (Å²) in [5, 5.41) is 11.1. The molecule has 4 nitrogen and oxygen atoms in total. The third-order valence-corrected chi connectivity index (χ3v) is 9.21. The molecular formula is C24H32O4. The van der Waals surface area contributed by atoms with Crippen molar-refractivity contribution in [3.8, 4) is 5.75 Å². The van der Waals surface area contributed by atoms with E-state index in [9.17, 15) is 9.90 Å². The first-order chi connectivity index (χ1) is 13.3. The van der Waals surface area contributed by atoms with Crippen molar-refractivity contribution in [2.24, 2.45) is 22.7 Å². The molecule has 1 aromatic carbocycles. The Morgan fingerprint density at radius 3 is 2.61 bits per heavy atom. The maximum absolute atomic E-state index is 13.7. The molecule has 3 fully saturated rings. The molecule has 28 heavy (non-hydrogen) atoms. The summed E-state index contributed by atoms with van der Waals surface area (Å²) in [5.41, 5.74) is 1.34. The van der Waals surface area contributed by atoms with Crippen LogP contribution in [0.15, 0.2) is 18.2 Å². The second-order valence-corrected chi connectivity index (χ2v) is 10.1. The van der Waals surface area contributed by atoms with Gasteiger partial charge < -0.3 is 14.6 Å². The lowest BCUT2D eigenvalue weighted by molar-refractivity contribution is -0.181. The standard InChI is InChI=1S/C24H32O4/c1-22-10-9-17-16-7-6-15(27-3)13-14(16)5-8-18(17)24(22)12-11-23(2,26)19(20(22)25)21(24)28-4/h6-7,13,17-19,21,26H,5,8-12H2,1-4H3/t17-,18-,19-,21+,22-,23-,24+/m1/s1. The molecule has 152 valence electrons. The van der Waals surface area contributed by atoms with Gasteiger partial charge in [0.25, 0.3) is 0 Å². The number of hydrogen-bond acceptors (Lipinski definition) is 4. The molecule has 0 aliphatic heterocycles. The van der Waals surface area contributed by atoms with E-state index in [0.717, 1.165) is 37.9 Å². The third-order valence-electron chi connectivity index (χ3n) is 9.21. The van der Waals surface area contributed by atoms with E-state index in [2.05, 4.69) is 25.1 Å². The quantitative estimate of drug-likeness (QED) is 0.841. The van der Waals surface area contributed by atoms with Crippen LogP contribution in [-0.4, -0.2) is 36.8 Å². The van der Waals surface area contributed by atoms with Gasteiger partial charge in [-0.2, -0.15) is 0 Å². The fraction of sp³-hybridized carbons (Fsp3) is 0.708. The number of methoxy groups -OCH3 is 2. The number of benzene rings is 1. The zero-order valence-corrected chi connectivity index (χ0v) is 17.5. The fourth-order valence-corrected chi connectivity index (χ4v) is 7.91. The van der Waals surface area contributed by atoms with Gasteiger partial charge in [0, 0.05) is 17.9 Å². The summed E-state index contributed by atoms with van der Waals surface area (Å²) < 4.78 is 11.5. The summed E-state index contributed by atoms with van der Waals surface area (Å²) in [6.45, 7) is 4.03. The second-order valence-electron chi connectivity index (χ2n) is 10.1. The van der Waals surface area contributed by atoms with Crippen LogP contribution < -0.4 is 4.74 Å². The summed E-state index contributed by atoms with van der Waals surface area (Å²) in [5.74, 6) is 1.68. The highest BCUT2D eigenvalue weighted by atomic mass is 16.5. The second kappa shape index (κ2) is 5.82. The van der Waals surface area contributed by atoms with Gasteiger partial charge in [-0.1, -0.05) is 13.0 Å². The number of Topliss-reactive ketones (excluding diaryl/α,β-unsaturated/α-hetero) is 1. The van der Waals surface area contributed by atoms with Gasteiger partial charge in [0.05, 0.1) is 24.7 Å². The largest absolute Gasteiger partial charge is 0.497 e. The molecule has 1 N–H and O–H groups in total. The van der Waals surface area contributed by atoms with Crippen LogP contribution in [0.1, 0.15) is 63.0 Å². The molecule has 4 heteroatoms. The molecule has 0 heterocycles. The Kier molecular flexibility index (Phi) is 3.87. The van der Waals surface area contributed by atoms with E-state index in [-0.39, 0.29) is 22.7 Å². The van der Waals surface area contributed by atoms with Gasteiger partial charge in [-0.05, 0) is 80.5 Å². The number of ketones is 1. The highest BCUT2D eigenvalue weighted by Crippen LogP contribution is 2.73. The molecule has 3 saturated carbocycles. The first kappa shape index (κ1) is 18.6. The number of hydrogen-bond donors (Lipinski definition) is 1. The van der Waals surface area contributed by atoms with Crippen molar-refractivity contribution in [3.05, 3.63) is 29.3 Å². The van der Waals surface area contributed by atoms with Crippen molar-refractivity contribution in [2.45, 2.75) is 70.0 Å². The molecule has 4 aliphatic carbocycles. The summed E-state index contributed by atoms with van der Waals surface area (Å²) in [7, 11) is 3.46. The van der Waals surface area contributed by atoms with Gasteiger partial charge >= 0.3 is 0 Å². The van der Waals surface area contributed by atoms with Crippen molar-refractivity contribution >= 4 is 5.78 Å². The predicted octanol–water partition coefficient (Wildman–Crippen LogP) is 3.89. The van der Waals surface area contributed by atoms with Crippen molar-refractivity contribution in [2.75, 3.05) is 14.2 Å². The highest BCUT2D eigenvalue weighted by molar-refractivity contribution is 5.93. The summed E-state index contributed by atoms with van der Waals surface area (Å²) in [6.07, 6.45) is 5.44. The van der Waals surface area contributed by atoms with E-state index in [0.29, 0.717) is 18.3 Å². The maximum atomic E-state index is 13.7. The fourth-order valence-electron chi connectivity index (χ4n) is 7.91. The molecule has 0 aromatic heterocycles. The van der Waals surface area contributed by atoms with Gasteiger partial charge in [0.15, 0.2) is 0 Å². The zero-order valence-electron chi connectivity index (χ0n) is 17.5. The van der Waals surface area contributed by atoms with E-state index < -0.39 is 11.5 Å². The summed E-state index contributed by atoms with van der Waals surface area (Å²) >= 11 is 0. The van der Waals surface area contributed by atoms with Gasteiger partial charge in [-0.15, -0.1) is 0 Å². The van der Waals surface area contributed by atoms with Gasteiger partial charge in [-0.25, -0.2) is 0 Å². The summed E-state index contributed by atoms with van der Waals surface area (Å²) in [6, 6.07) is 6.52. The number of carbonyl (C=O) groups is 1. The topological polar surface area (TPSA) is 55.8 Å². The highest BCUT2D eigenvalue weighted by Gasteiger charge is 2.76. The Morgan fingerprint density at radius 2 is 1.89 bits per heavy atom. The minimum absolute atomic E-state index is 0.160. The summed E-state index contributed by atoms with van der Waals surface area (Å²) in [4.78, 5) is 13.7. The van der Waals surface area contributed by atoms with Gasteiger partial charge in [0.2, 0.25) is 0 Å². The number of rotatable bonds is 2. The minimum atomic E-state index is -0.960. The van der Waals surface area contributed by atoms with E-state index in [1.54, 1.807) is 14.2 Å². The lowest BCUT2D eigenvalue weighted by Gasteiger charge is -2.60. The average Bonchev–Trinajstić information content (AvgIpc) is 2.86. The molecule has 4 aliphatic rings. The number of aliphatic hydroxyl groups is 1. The molecule has 7 atom stereocenters. The number of carbonyl (C=O) groups excluding carboxylic acids is 1. The van der Waals surface area contributed by atoms with E-state index >= 15 is 0 Å². The molecule has 0 saturated heterocycles. The Hall–Kier alpha value is -1.39. The van der Waals surface area contributed by atoms with Crippen LogP contribution in [0, 0.1) is 22.7 Å². The van der Waals surface area contributed by atoms with Gasteiger partial charge in [0.1, 0.15) is 11.5 Å². The minimum Gasteiger partial charge on any atom is -0.497 e. The van der Waals surface area contributed by atoms with Crippen molar-refractivity contribution in [1.82, 2.24) is 0 Å². The van der Waals surface area contributed by atoms with Crippen LogP contribution >= 0.6 is 0 Å². The zero-order chi connectivity index (χ0) is 19.9. The van der Waals surface area contributed by atoms with Gasteiger partial charge in [-0.3, -0.25) is 4.79 Å². The van der Waals surface area contributed by atoms with Crippen LogP contribution in [0.5, 0.6) is 5.75 Å². The Bertz CT molecular complexity index is 830. The monoisotopic (exact) mass is 384 g/mol. The van der Waals surface area contributed by atoms with E-state index in [1.165, 1.54) is 11.1 Å². The predicted molar refractivity (Wildman–Crippen MR) is 106 cm³/mol. The van der Waals surface area contributed by atoms with Crippen molar-refractivity contribution in [1.29, 1.82) is 0 Å². The van der Waals surface area contributed by atoms with Crippen LogP contribution in [0.4, 0.5) is 0 Å². The van der Waals surface area contributed by atoms with E-state index in [4.69, 9.17) is 9.47 Å². The molecule has 2 bridgehead atoms. The first-order valence-corrected chi connectivity index (χ1v) is 10.8. The third kappa shape index (κ3) is 2.01. The van der Waals surface area contributed by atoms with Crippen molar-refractivity contribution in [3.63, 3.8) is 0 Å². The average molecular weight is 385 g/mol. The molecule has 1 aromatic rings. The SMILES string of the molecule is COc1ccc2c(c1)CC[C@@H]1[C@@H]2CC[C@]2(C)C(=O)[C@@H]3[C@H](OC)[C@]12CC[C@@]3(C)O. The molecule has 5 rings (SSSR count). The van der Waals surface area contributed by atoms with Crippen LogP contribution in [-0.2, 0) is 16.0 Å². The normalized spacial score (nSPS) is 46.5. The Morgan fingerprint density at radius 1 is 1.11 bits per heavy atom. The number of fused-ring (bicyclic) bond motifs is 4. The molecular weight excluding hydrogens is 352 g/mol.